The van der Waals surface area contributed by atoms with Gasteiger partial charge in [-0.05, 0) is 36.4 Å². The third-order valence-corrected chi connectivity index (χ3v) is 4.29. The first-order valence-corrected chi connectivity index (χ1v) is 8.01. The molecule has 4 rings (SSSR count). The van der Waals surface area contributed by atoms with Gasteiger partial charge in [0, 0.05) is 21.5 Å². The van der Waals surface area contributed by atoms with E-state index in [4.69, 9.17) is 16.0 Å². The number of benzene rings is 2. The fourth-order valence-electron chi connectivity index (χ4n) is 2.21. The number of aromatic nitrogens is 1. The van der Waals surface area contributed by atoms with Crippen LogP contribution in [0.2, 0.25) is 5.02 Å². The maximum absolute atomic E-state index is 5.88. The van der Waals surface area contributed by atoms with Gasteiger partial charge in [0.15, 0.2) is 10.9 Å². The van der Waals surface area contributed by atoms with Crippen molar-refractivity contribution in [2.75, 3.05) is 5.32 Å². The fourth-order valence-corrected chi connectivity index (χ4v) is 3.06. The van der Waals surface area contributed by atoms with Gasteiger partial charge in [0.25, 0.3) is 0 Å². The standard InChI is InChI=1S/C17H11ClN2OS/c18-12-5-7-13(8-6-12)19-17-20-14(10-22-17)16-9-11-3-1-2-4-15(11)21-16/h1-10H,(H,19,20). The summed E-state index contributed by atoms with van der Waals surface area (Å²) in [6, 6.07) is 17.5. The smallest absolute Gasteiger partial charge is 0.187 e. The number of nitrogens with one attached hydrogen (secondary N) is 1. The Morgan fingerprint density at radius 2 is 1.86 bits per heavy atom. The molecule has 0 saturated carbocycles. The van der Waals surface area contributed by atoms with Gasteiger partial charge in [-0.1, -0.05) is 29.8 Å². The highest BCUT2D eigenvalue weighted by molar-refractivity contribution is 7.14. The molecule has 0 amide bonds. The van der Waals surface area contributed by atoms with Crippen LogP contribution in [0.1, 0.15) is 0 Å². The number of anilines is 2. The molecule has 4 aromatic rings. The van der Waals surface area contributed by atoms with Crippen molar-refractivity contribution in [1.29, 1.82) is 0 Å². The van der Waals surface area contributed by atoms with E-state index in [0.29, 0.717) is 5.02 Å². The molecule has 1 N–H and O–H groups in total. The fraction of sp³-hybridized carbons (Fsp3) is 0. The summed E-state index contributed by atoms with van der Waals surface area (Å²) in [7, 11) is 0. The maximum Gasteiger partial charge on any atom is 0.187 e. The van der Waals surface area contributed by atoms with Crippen LogP contribution in [0.15, 0.2) is 64.4 Å². The number of para-hydroxylation sites is 1. The quantitative estimate of drug-likeness (QED) is 0.505. The van der Waals surface area contributed by atoms with Gasteiger partial charge in [-0.15, -0.1) is 11.3 Å². The molecular weight excluding hydrogens is 316 g/mol. The third kappa shape index (κ3) is 2.58. The topological polar surface area (TPSA) is 38.1 Å². The summed E-state index contributed by atoms with van der Waals surface area (Å²) >= 11 is 7.42. The number of furan rings is 1. The Bertz CT molecular complexity index is 894. The van der Waals surface area contributed by atoms with Crippen LogP contribution in [0, 0.1) is 0 Å². The lowest BCUT2D eigenvalue weighted by molar-refractivity contribution is 0.629. The summed E-state index contributed by atoms with van der Waals surface area (Å²) in [5, 5.41) is 7.86. The van der Waals surface area contributed by atoms with Crippen LogP contribution in [0.5, 0.6) is 0 Å². The van der Waals surface area contributed by atoms with Gasteiger partial charge < -0.3 is 9.73 Å². The van der Waals surface area contributed by atoms with Crippen LogP contribution in [-0.4, -0.2) is 4.98 Å². The number of nitrogens with zero attached hydrogens (tertiary/aromatic N) is 1. The second-order valence-electron chi connectivity index (χ2n) is 4.82. The molecule has 0 aliphatic heterocycles. The van der Waals surface area contributed by atoms with E-state index in [1.165, 1.54) is 11.3 Å². The molecule has 0 bridgehead atoms. The molecular formula is C17H11ClN2OS. The zero-order chi connectivity index (χ0) is 14.9. The summed E-state index contributed by atoms with van der Waals surface area (Å²) < 4.78 is 5.83. The van der Waals surface area contributed by atoms with Gasteiger partial charge in [-0.2, -0.15) is 0 Å². The average Bonchev–Trinajstić information content (AvgIpc) is 3.15. The Hall–Kier alpha value is -2.30. The van der Waals surface area contributed by atoms with E-state index < -0.39 is 0 Å². The second kappa shape index (κ2) is 5.48. The Kier molecular flexibility index (Phi) is 3.33. The van der Waals surface area contributed by atoms with Crippen molar-refractivity contribution in [1.82, 2.24) is 4.98 Å². The van der Waals surface area contributed by atoms with E-state index in [-0.39, 0.29) is 0 Å². The van der Waals surface area contributed by atoms with Gasteiger partial charge in [0.1, 0.15) is 11.3 Å². The van der Waals surface area contributed by atoms with Crippen LogP contribution in [0.3, 0.4) is 0 Å². The van der Waals surface area contributed by atoms with Crippen molar-refractivity contribution in [3.8, 4) is 11.5 Å². The largest absolute Gasteiger partial charge is 0.454 e. The van der Waals surface area contributed by atoms with Crippen molar-refractivity contribution >= 4 is 44.7 Å². The molecule has 0 unspecified atom stereocenters. The number of thiazole rings is 1. The van der Waals surface area contributed by atoms with Crippen LogP contribution in [0.25, 0.3) is 22.4 Å². The van der Waals surface area contributed by atoms with Crippen molar-refractivity contribution in [3.05, 3.63) is 65.0 Å². The predicted molar refractivity (Wildman–Crippen MR) is 92.1 cm³/mol. The molecule has 2 aromatic carbocycles. The number of hydrogen-bond acceptors (Lipinski definition) is 4. The van der Waals surface area contributed by atoms with E-state index in [0.717, 1.165) is 33.2 Å². The summed E-state index contributed by atoms with van der Waals surface area (Å²) in [4.78, 5) is 4.57. The lowest BCUT2D eigenvalue weighted by Gasteiger charge is -2.01. The third-order valence-electron chi connectivity index (χ3n) is 3.28. The van der Waals surface area contributed by atoms with E-state index in [2.05, 4.69) is 10.3 Å². The minimum absolute atomic E-state index is 0.715. The van der Waals surface area contributed by atoms with Crippen molar-refractivity contribution in [3.63, 3.8) is 0 Å². The highest BCUT2D eigenvalue weighted by Gasteiger charge is 2.10. The molecule has 0 spiro atoms. The van der Waals surface area contributed by atoms with Gasteiger partial charge in [0.05, 0.1) is 0 Å². The van der Waals surface area contributed by atoms with Crippen LogP contribution in [0.4, 0.5) is 10.8 Å². The van der Waals surface area contributed by atoms with Crippen molar-refractivity contribution < 1.29 is 4.42 Å². The first kappa shape index (κ1) is 13.4. The van der Waals surface area contributed by atoms with E-state index in [9.17, 15) is 0 Å². The van der Waals surface area contributed by atoms with Gasteiger partial charge in [0.2, 0.25) is 0 Å². The highest BCUT2D eigenvalue weighted by atomic mass is 35.5. The van der Waals surface area contributed by atoms with Crippen molar-refractivity contribution in [2.24, 2.45) is 0 Å². The van der Waals surface area contributed by atoms with Crippen molar-refractivity contribution in [2.45, 2.75) is 0 Å². The molecule has 2 aromatic heterocycles. The lowest BCUT2D eigenvalue weighted by atomic mass is 10.2. The SMILES string of the molecule is Clc1ccc(Nc2nc(-c3cc4ccccc4o3)cs2)cc1. The molecule has 0 atom stereocenters. The molecule has 5 heteroatoms. The minimum atomic E-state index is 0.715. The number of hydrogen-bond donors (Lipinski definition) is 1. The van der Waals surface area contributed by atoms with E-state index in [1.807, 2.05) is 60.0 Å². The molecule has 0 saturated heterocycles. The average molecular weight is 327 g/mol. The minimum Gasteiger partial charge on any atom is -0.454 e. The second-order valence-corrected chi connectivity index (χ2v) is 6.11. The van der Waals surface area contributed by atoms with Gasteiger partial charge in [-0.25, -0.2) is 4.98 Å². The molecule has 3 nitrogen and oxygen atoms in total. The molecule has 22 heavy (non-hydrogen) atoms. The van der Waals surface area contributed by atoms with Crippen LogP contribution >= 0.6 is 22.9 Å². The molecule has 0 aliphatic carbocycles. The maximum atomic E-state index is 5.88. The van der Waals surface area contributed by atoms with Crippen LogP contribution in [-0.2, 0) is 0 Å². The summed E-state index contributed by atoms with van der Waals surface area (Å²) in [6.07, 6.45) is 0. The zero-order valence-electron chi connectivity index (χ0n) is 11.4. The normalized spacial score (nSPS) is 11.0. The van der Waals surface area contributed by atoms with Gasteiger partial charge in [-0.3, -0.25) is 0 Å². The first-order chi connectivity index (χ1) is 10.8. The molecule has 0 fully saturated rings. The Labute approximate surface area is 136 Å². The number of halogens is 1. The molecule has 108 valence electrons. The monoisotopic (exact) mass is 326 g/mol. The summed E-state index contributed by atoms with van der Waals surface area (Å²) in [5.74, 6) is 0.779. The molecule has 0 radical (unpaired) electrons. The summed E-state index contributed by atoms with van der Waals surface area (Å²) in [6.45, 7) is 0. The first-order valence-electron chi connectivity index (χ1n) is 6.75. The Morgan fingerprint density at radius 3 is 2.68 bits per heavy atom. The lowest BCUT2D eigenvalue weighted by Crippen LogP contribution is -1.88. The predicted octanol–water partition coefficient (Wildman–Crippen LogP) is 5.95. The Morgan fingerprint density at radius 1 is 1.05 bits per heavy atom. The number of rotatable bonds is 3. The Balaban J connectivity index is 1.61. The van der Waals surface area contributed by atoms with Gasteiger partial charge >= 0.3 is 0 Å². The summed E-state index contributed by atoms with van der Waals surface area (Å²) in [5.41, 5.74) is 2.66. The zero-order valence-corrected chi connectivity index (χ0v) is 13.0. The van der Waals surface area contributed by atoms with E-state index >= 15 is 0 Å². The molecule has 0 aliphatic rings. The number of fused-ring (bicyclic) bond motifs is 1. The van der Waals surface area contributed by atoms with Crippen LogP contribution < -0.4 is 5.32 Å². The molecule has 2 heterocycles. The van der Waals surface area contributed by atoms with E-state index in [1.54, 1.807) is 0 Å². The highest BCUT2D eigenvalue weighted by Crippen LogP contribution is 2.31.